The molecule has 0 radical (unpaired) electrons. The van der Waals surface area contributed by atoms with Crippen LogP contribution < -0.4 is 14.8 Å². The molecule has 4 nitrogen and oxygen atoms in total. The van der Waals surface area contributed by atoms with Crippen LogP contribution in [0.5, 0.6) is 11.5 Å². The zero-order valence-corrected chi connectivity index (χ0v) is 11.1. The minimum Gasteiger partial charge on any atom is -0.492 e. The average molecular weight is 251 g/mol. The van der Waals surface area contributed by atoms with E-state index in [4.69, 9.17) is 9.47 Å². The van der Waals surface area contributed by atoms with Crippen LogP contribution in [0.3, 0.4) is 0 Å². The van der Waals surface area contributed by atoms with E-state index in [0.29, 0.717) is 18.8 Å². The van der Waals surface area contributed by atoms with Crippen molar-refractivity contribution in [3.63, 3.8) is 0 Å². The second-order valence-electron chi connectivity index (χ2n) is 3.86. The molecule has 0 atom stereocenters. The summed E-state index contributed by atoms with van der Waals surface area (Å²) in [6, 6.07) is 7.35. The highest BCUT2D eigenvalue weighted by Crippen LogP contribution is 2.19. The summed E-state index contributed by atoms with van der Waals surface area (Å²) in [7, 11) is 0. The lowest BCUT2D eigenvalue weighted by molar-refractivity contribution is -0.120. The van der Waals surface area contributed by atoms with E-state index in [-0.39, 0.29) is 12.4 Å². The summed E-state index contributed by atoms with van der Waals surface area (Å²) in [5.41, 5.74) is 0. The van der Waals surface area contributed by atoms with E-state index in [2.05, 4.69) is 12.2 Å². The quantitative estimate of drug-likeness (QED) is 0.682. The van der Waals surface area contributed by atoms with Crippen LogP contribution in [0.15, 0.2) is 24.3 Å². The smallest absolute Gasteiger partial charge is 0.169 e. The first kappa shape index (κ1) is 14.5. The predicted octanol–water partition coefficient (Wildman–Crippen LogP) is 2.03. The molecule has 0 heterocycles. The van der Waals surface area contributed by atoms with E-state index in [1.54, 1.807) is 6.07 Å². The highest BCUT2D eigenvalue weighted by molar-refractivity contribution is 5.79. The van der Waals surface area contributed by atoms with E-state index in [0.717, 1.165) is 18.8 Å². The third-order valence-corrected chi connectivity index (χ3v) is 2.40. The maximum Gasteiger partial charge on any atom is 0.169 e. The van der Waals surface area contributed by atoms with Crippen LogP contribution in [-0.2, 0) is 4.79 Å². The van der Waals surface area contributed by atoms with Crippen molar-refractivity contribution in [1.82, 2.24) is 5.32 Å². The van der Waals surface area contributed by atoms with Crippen molar-refractivity contribution in [3.8, 4) is 11.5 Å². The first-order valence-electron chi connectivity index (χ1n) is 6.34. The van der Waals surface area contributed by atoms with Gasteiger partial charge in [-0.3, -0.25) is 4.79 Å². The maximum absolute atomic E-state index is 11.1. The number of carbonyl (C=O) groups is 1. The predicted molar refractivity (Wildman–Crippen MR) is 71.3 cm³/mol. The largest absolute Gasteiger partial charge is 0.492 e. The first-order chi connectivity index (χ1) is 8.76. The summed E-state index contributed by atoms with van der Waals surface area (Å²) in [5, 5.41) is 3.18. The van der Waals surface area contributed by atoms with Gasteiger partial charge in [0, 0.05) is 19.0 Å². The number of hydrogen-bond donors (Lipinski definition) is 1. The summed E-state index contributed by atoms with van der Waals surface area (Å²) >= 11 is 0. The molecule has 0 unspecified atom stereocenters. The normalized spacial score (nSPS) is 10.1. The molecular weight excluding hydrogens is 230 g/mol. The Kier molecular flexibility index (Phi) is 6.87. The van der Waals surface area contributed by atoms with Gasteiger partial charge in [0.25, 0.3) is 0 Å². The Morgan fingerprint density at radius 3 is 2.61 bits per heavy atom. The van der Waals surface area contributed by atoms with Gasteiger partial charge in [-0.1, -0.05) is 19.9 Å². The molecule has 0 aliphatic rings. The van der Waals surface area contributed by atoms with Crippen molar-refractivity contribution in [1.29, 1.82) is 0 Å². The fourth-order valence-corrected chi connectivity index (χ4v) is 1.34. The lowest BCUT2D eigenvalue weighted by Gasteiger charge is -2.09. The molecule has 0 spiro atoms. The fraction of sp³-hybridized carbons (Fsp3) is 0.500. The number of Topliss-reactive ketones (excluding diaryl/α,β-unsaturated/α-hetero) is 1. The topological polar surface area (TPSA) is 47.6 Å². The molecule has 1 N–H and O–H groups in total. The van der Waals surface area contributed by atoms with Gasteiger partial charge in [-0.2, -0.15) is 0 Å². The molecule has 18 heavy (non-hydrogen) atoms. The van der Waals surface area contributed by atoms with Crippen LogP contribution in [0.4, 0.5) is 0 Å². The second kappa shape index (κ2) is 8.53. The standard InChI is InChI=1S/C14H21NO3/c1-3-12(16)11-18-14-7-5-6-13(10-14)17-9-8-15-4-2/h5-7,10,15H,3-4,8-9,11H2,1-2H3. The molecule has 4 heteroatoms. The van der Waals surface area contributed by atoms with Crippen molar-refractivity contribution >= 4 is 5.78 Å². The zero-order chi connectivity index (χ0) is 13.2. The Labute approximate surface area is 108 Å². The van der Waals surface area contributed by atoms with Crippen LogP contribution in [-0.4, -0.2) is 32.1 Å². The fourth-order valence-electron chi connectivity index (χ4n) is 1.34. The molecule has 0 amide bonds. The second-order valence-corrected chi connectivity index (χ2v) is 3.86. The minimum absolute atomic E-state index is 0.0912. The minimum atomic E-state index is 0.0912. The monoisotopic (exact) mass is 251 g/mol. The number of rotatable bonds is 9. The molecule has 0 saturated carbocycles. The number of likely N-dealkylation sites (N-methyl/N-ethyl adjacent to an activating group) is 1. The van der Waals surface area contributed by atoms with Crippen molar-refractivity contribution in [2.45, 2.75) is 20.3 Å². The summed E-state index contributed by atoms with van der Waals surface area (Å²) in [6.45, 7) is 6.37. The third-order valence-electron chi connectivity index (χ3n) is 2.40. The maximum atomic E-state index is 11.1. The number of benzene rings is 1. The third kappa shape index (κ3) is 5.68. The van der Waals surface area contributed by atoms with Gasteiger partial charge in [-0.05, 0) is 18.7 Å². The van der Waals surface area contributed by atoms with Gasteiger partial charge in [0.1, 0.15) is 24.7 Å². The van der Waals surface area contributed by atoms with Crippen molar-refractivity contribution in [2.75, 3.05) is 26.3 Å². The van der Waals surface area contributed by atoms with Crippen LogP contribution in [0, 0.1) is 0 Å². The molecule has 0 bridgehead atoms. The number of ketones is 1. The Balaban J connectivity index is 2.39. The van der Waals surface area contributed by atoms with Gasteiger partial charge < -0.3 is 14.8 Å². The molecule has 100 valence electrons. The molecule has 0 saturated heterocycles. The molecule has 1 rings (SSSR count). The lowest BCUT2D eigenvalue weighted by atomic mass is 10.3. The average Bonchev–Trinajstić information content (AvgIpc) is 2.41. The zero-order valence-electron chi connectivity index (χ0n) is 11.1. The Hall–Kier alpha value is -1.55. The molecule has 0 aromatic heterocycles. The van der Waals surface area contributed by atoms with Crippen LogP contribution >= 0.6 is 0 Å². The highest BCUT2D eigenvalue weighted by Gasteiger charge is 2.01. The van der Waals surface area contributed by atoms with E-state index >= 15 is 0 Å². The number of nitrogens with one attached hydrogen (secondary N) is 1. The van der Waals surface area contributed by atoms with Gasteiger partial charge in [-0.25, -0.2) is 0 Å². The van der Waals surface area contributed by atoms with Gasteiger partial charge in [0.15, 0.2) is 5.78 Å². The van der Waals surface area contributed by atoms with Crippen LogP contribution in [0.25, 0.3) is 0 Å². The van der Waals surface area contributed by atoms with E-state index in [1.807, 2.05) is 25.1 Å². The summed E-state index contributed by atoms with van der Waals surface area (Å²) < 4.78 is 10.9. The van der Waals surface area contributed by atoms with Gasteiger partial charge in [0.05, 0.1) is 0 Å². The van der Waals surface area contributed by atoms with E-state index < -0.39 is 0 Å². The Morgan fingerprint density at radius 1 is 1.22 bits per heavy atom. The summed E-state index contributed by atoms with van der Waals surface area (Å²) in [4.78, 5) is 11.1. The van der Waals surface area contributed by atoms with Crippen molar-refractivity contribution in [2.24, 2.45) is 0 Å². The van der Waals surface area contributed by atoms with Gasteiger partial charge in [0.2, 0.25) is 0 Å². The van der Waals surface area contributed by atoms with Crippen molar-refractivity contribution < 1.29 is 14.3 Å². The van der Waals surface area contributed by atoms with E-state index in [9.17, 15) is 4.79 Å². The molecule has 0 aliphatic heterocycles. The molecule has 1 aromatic carbocycles. The molecular formula is C14H21NO3. The summed E-state index contributed by atoms with van der Waals surface area (Å²) in [5.74, 6) is 1.51. The highest BCUT2D eigenvalue weighted by atomic mass is 16.5. The molecule has 0 fully saturated rings. The van der Waals surface area contributed by atoms with Gasteiger partial charge in [-0.15, -0.1) is 0 Å². The lowest BCUT2D eigenvalue weighted by Crippen LogP contribution is -2.20. The number of carbonyl (C=O) groups excluding carboxylic acids is 1. The Morgan fingerprint density at radius 2 is 1.94 bits per heavy atom. The first-order valence-corrected chi connectivity index (χ1v) is 6.34. The molecule has 1 aromatic rings. The molecule has 0 aliphatic carbocycles. The van der Waals surface area contributed by atoms with Gasteiger partial charge >= 0.3 is 0 Å². The van der Waals surface area contributed by atoms with Crippen LogP contribution in [0.1, 0.15) is 20.3 Å². The number of ether oxygens (including phenoxy) is 2. The SMILES string of the molecule is CCNCCOc1cccc(OCC(=O)CC)c1. The van der Waals surface area contributed by atoms with E-state index in [1.165, 1.54) is 0 Å². The summed E-state index contributed by atoms with van der Waals surface area (Å²) in [6.07, 6.45) is 0.499. The van der Waals surface area contributed by atoms with Crippen LogP contribution in [0.2, 0.25) is 0 Å². The Bertz CT molecular complexity index is 366. The number of hydrogen-bond acceptors (Lipinski definition) is 4. The van der Waals surface area contributed by atoms with Crippen molar-refractivity contribution in [3.05, 3.63) is 24.3 Å².